The van der Waals surface area contributed by atoms with Gasteiger partial charge < -0.3 is 10.6 Å². The number of anilines is 2. The van der Waals surface area contributed by atoms with Gasteiger partial charge in [-0.3, -0.25) is 4.79 Å². The molecule has 0 aliphatic carbocycles. The molecular weight excluding hydrogens is 398 g/mol. The lowest BCUT2D eigenvalue weighted by Crippen LogP contribution is -2.13. The smallest absolute Gasteiger partial charge is 0.236 e. The van der Waals surface area contributed by atoms with Gasteiger partial charge in [0.05, 0.1) is 11.4 Å². The zero-order chi connectivity index (χ0) is 19.2. The molecule has 0 unspecified atom stereocenters. The van der Waals surface area contributed by atoms with Crippen molar-refractivity contribution in [3.63, 3.8) is 0 Å². The molecule has 9 heteroatoms. The number of aryl methyl sites for hydroxylation is 1. The van der Waals surface area contributed by atoms with Crippen LogP contribution in [0.4, 0.5) is 10.3 Å². The lowest BCUT2D eigenvalue weighted by atomic mass is 10.1. The summed E-state index contributed by atoms with van der Waals surface area (Å²) in [4.78, 5) is 16.7. The van der Waals surface area contributed by atoms with Crippen molar-refractivity contribution in [2.24, 2.45) is 5.92 Å². The molecule has 1 aromatic carbocycles. The Balaban J connectivity index is 1.49. The Morgan fingerprint density at radius 3 is 2.70 bits per heavy atom. The van der Waals surface area contributed by atoms with Crippen LogP contribution in [0, 0.1) is 12.8 Å². The summed E-state index contributed by atoms with van der Waals surface area (Å²) in [6.45, 7) is 7.18. The van der Waals surface area contributed by atoms with Crippen LogP contribution in [0.2, 0.25) is 0 Å². The zero-order valence-corrected chi connectivity index (χ0v) is 17.8. The van der Waals surface area contributed by atoms with Gasteiger partial charge in [-0.2, -0.15) is 0 Å². The first-order valence-electron chi connectivity index (χ1n) is 8.52. The number of carbonyl (C=O) groups is 1. The second kappa shape index (κ2) is 9.29. The van der Waals surface area contributed by atoms with Crippen molar-refractivity contribution in [1.29, 1.82) is 0 Å². The molecule has 0 aliphatic heterocycles. The van der Waals surface area contributed by atoms with Gasteiger partial charge in [0.1, 0.15) is 0 Å². The Kier molecular flexibility index (Phi) is 6.81. The molecule has 0 saturated heterocycles. The van der Waals surface area contributed by atoms with Crippen LogP contribution in [0.15, 0.2) is 34.0 Å². The first kappa shape index (κ1) is 19.8. The fraction of sp³-hybridized carbons (Fsp3) is 0.333. The van der Waals surface area contributed by atoms with E-state index in [0.717, 1.165) is 27.3 Å². The lowest BCUT2D eigenvalue weighted by molar-refractivity contribution is -0.113. The molecule has 3 aromatic rings. The van der Waals surface area contributed by atoms with Crippen molar-refractivity contribution in [3.8, 4) is 11.3 Å². The van der Waals surface area contributed by atoms with Crippen LogP contribution in [0.3, 0.4) is 0 Å². The summed E-state index contributed by atoms with van der Waals surface area (Å²) in [5.41, 5.74) is 3.12. The van der Waals surface area contributed by atoms with Crippen LogP contribution in [-0.4, -0.2) is 33.4 Å². The molecule has 0 atom stereocenters. The number of hydrogen-bond acceptors (Lipinski definition) is 8. The van der Waals surface area contributed by atoms with Crippen molar-refractivity contribution in [2.75, 3.05) is 22.9 Å². The van der Waals surface area contributed by atoms with Gasteiger partial charge in [0, 0.05) is 17.5 Å². The highest BCUT2D eigenvalue weighted by Crippen LogP contribution is 2.27. The van der Waals surface area contributed by atoms with Crippen molar-refractivity contribution in [2.45, 2.75) is 25.1 Å². The van der Waals surface area contributed by atoms with Crippen molar-refractivity contribution < 1.29 is 4.79 Å². The predicted molar refractivity (Wildman–Crippen MR) is 115 cm³/mol. The highest BCUT2D eigenvalue weighted by Gasteiger charge is 2.11. The molecule has 142 valence electrons. The normalized spacial score (nSPS) is 11.0. The van der Waals surface area contributed by atoms with Gasteiger partial charge in [0.15, 0.2) is 9.47 Å². The van der Waals surface area contributed by atoms with Gasteiger partial charge in [-0.1, -0.05) is 66.8 Å². The Hall–Kier alpha value is -1.97. The number of benzene rings is 1. The van der Waals surface area contributed by atoms with Gasteiger partial charge in [0.25, 0.3) is 0 Å². The first-order chi connectivity index (χ1) is 13.0. The Bertz CT molecular complexity index is 889. The second-order valence-corrected chi connectivity index (χ2v) is 9.45. The zero-order valence-electron chi connectivity index (χ0n) is 15.4. The molecule has 0 spiro atoms. The van der Waals surface area contributed by atoms with E-state index in [1.165, 1.54) is 40.0 Å². The molecule has 1 amide bonds. The molecule has 0 saturated carbocycles. The van der Waals surface area contributed by atoms with E-state index in [0.29, 0.717) is 11.0 Å². The van der Waals surface area contributed by atoms with E-state index in [-0.39, 0.29) is 11.7 Å². The summed E-state index contributed by atoms with van der Waals surface area (Å²) < 4.78 is 0.774. The molecule has 2 aromatic heterocycles. The molecule has 0 radical (unpaired) electrons. The predicted octanol–water partition coefficient (Wildman–Crippen LogP) is 4.77. The molecule has 3 rings (SSSR count). The quantitative estimate of drug-likeness (QED) is 0.512. The third kappa shape index (κ3) is 6.02. The van der Waals surface area contributed by atoms with Crippen molar-refractivity contribution >= 4 is 50.6 Å². The number of amides is 1. The Morgan fingerprint density at radius 1 is 1.19 bits per heavy atom. The Labute approximate surface area is 170 Å². The standard InChI is InChI=1S/C18H21N5OS3/c1-11(2)8-19-16-22-23-18(27-16)26-10-15(24)21-17-20-14(9-25-17)13-6-4-12(3)5-7-13/h4-7,9,11H,8,10H2,1-3H3,(H,19,22)(H,20,21,24). The third-order valence-electron chi connectivity index (χ3n) is 3.49. The van der Waals surface area contributed by atoms with Gasteiger partial charge in [-0.15, -0.1) is 21.5 Å². The summed E-state index contributed by atoms with van der Waals surface area (Å²) in [5.74, 6) is 0.716. The number of aromatic nitrogens is 3. The second-order valence-electron chi connectivity index (χ2n) is 6.39. The van der Waals surface area contributed by atoms with Crippen molar-refractivity contribution in [1.82, 2.24) is 15.2 Å². The van der Waals surface area contributed by atoms with E-state index >= 15 is 0 Å². The number of hydrogen-bond donors (Lipinski definition) is 2. The van der Waals surface area contributed by atoms with Gasteiger partial charge in [-0.25, -0.2) is 4.98 Å². The minimum atomic E-state index is -0.100. The minimum absolute atomic E-state index is 0.100. The highest BCUT2D eigenvalue weighted by molar-refractivity contribution is 8.01. The summed E-state index contributed by atoms with van der Waals surface area (Å²) in [6, 6.07) is 8.17. The number of thiazole rings is 1. The van der Waals surface area contributed by atoms with Crippen molar-refractivity contribution in [3.05, 3.63) is 35.2 Å². The molecule has 6 nitrogen and oxygen atoms in total. The van der Waals surface area contributed by atoms with E-state index < -0.39 is 0 Å². The largest absolute Gasteiger partial charge is 0.360 e. The van der Waals surface area contributed by atoms with E-state index in [9.17, 15) is 4.79 Å². The summed E-state index contributed by atoms with van der Waals surface area (Å²) in [7, 11) is 0. The van der Waals surface area contributed by atoms with E-state index in [1.807, 2.05) is 17.5 Å². The monoisotopic (exact) mass is 419 g/mol. The molecule has 0 fully saturated rings. The molecule has 2 N–H and O–H groups in total. The van der Waals surface area contributed by atoms with Crippen LogP contribution < -0.4 is 10.6 Å². The fourth-order valence-corrected chi connectivity index (χ4v) is 4.40. The van der Waals surface area contributed by atoms with Crippen LogP contribution in [0.1, 0.15) is 19.4 Å². The SMILES string of the molecule is Cc1ccc(-c2csc(NC(=O)CSc3nnc(NCC(C)C)s3)n2)cc1. The van der Waals surface area contributed by atoms with Gasteiger partial charge in [0.2, 0.25) is 11.0 Å². The molecular formula is C18H21N5OS3. The topological polar surface area (TPSA) is 79.8 Å². The van der Waals surface area contributed by atoms with E-state index in [2.05, 4.69) is 58.7 Å². The summed E-state index contributed by atoms with van der Waals surface area (Å²) in [6.07, 6.45) is 0. The Morgan fingerprint density at radius 2 is 1.96 bits per heavy atom. The van der Waals surface area contributed by atoms with E-state index in [1.54, 1.807) is 0 Å². The van der Waals surface area contributed by atoms with E-state index in [4.69, 9.17) is 0 Å². The number of carbonyl (C=O) groups excluding carboxylic acids is 1. The van der Waals surface area contributed by atoms with Crippen LogP contribution in [0.25, 0.3) is 11.3 Å². The molecule has 0 bridgehead atoms. The average molecular weight is 420 g/mol. The minimum Gasteiger partial charge on any atom is -0.360 e. The maximum absolute atomic E-state index is 12.2. The number of thioether (sulfide) groups is 1. The fourth-order valence-electron chi connectivity index (χ4n) is 2.10. The van der Waals surface area contributed by atoms with Crippen LogP contribution in [0.5, 0.6) is 0 Å². The highest BCUT2D eigenvalue weighted by atomic mass is 32.2. The van der Waals surface area contributed by atoms with Gasteiger partial charge >= 0.3 is 0 Å². The summed E-state index contributed by atoms with van der Waals surface area (Å²) in [5, 5.41) is 17.6. The lowest BCUT2D eigenvalue weighted by Gasteiger charge is -2.03. The number of nitrogens with one attached hydrogen (secondary N) is 2. The first-order valence-corrected chi connectivity index (χ1v) is 11.2. The van der Waals surface area contributed by atoms with Crippen LogP contribution in [-0.2, 0) is 4.79 Å². The molecule has 2 heterocycles. The number of rotatable bonds is 8. The summed E-state index contributed by atoms with van der Waals surface area (Å²) >= 11 is 4.26. The maximum atomic E-state index is 12.2. The third-order valence-corrected chi connectivity index (χ3v) is 6.26. The maximum Gasteiger partial charge on any atom is 0.236 e. The van der Waals surface area contributed by atoms with Crippen LogP contribution >= 0.6 is 34.4 Å². The molecule has 0 aliphatic rings. The number of nitrogens with zero attached hydrogens (tertiary/aromatic N) is 3. The molecule has 27 heavy (non-hydrogen) atoms. The average Bonchev–Trinajstić information content (AvgIpc) is 3.28. The van der Waals surface area contributed by atoms with Gasteiger partial charge in [-0.05, 0) is 12.8 Å².